The highest BCUT2D eigenvalue weighted by molar-refractivity contribution is 7.37. The van der Waals surface area contributed by atoms with Crippen LogP contribution in [0.15, 0.2) is 95.7 Å². The van der Waals surface area contributed by atoms with Gasteiger partial charge in [-0.1, -0.05) is 60.7 Å². The molecule has 0 aliphatic rings. The van der Waals surface area contributed by atoms with E-state index in [1.807, 2.05) is 45.3 Å². The Kier molecular flexibility index (Phi) is 4.11. The van der Waals surface area contributed by atoms with Gasteiger partial charge in [0.15, 0.2) is 0 Å². The van der Waals surface area contributed by atoms with Crippen LogP contribution in [-0.2, 0) is 0 Å². The van der Waals surface area contributed by atoms with Gasteiger partial charge in [-0.3, -0.25) is 0 Å². The molecule has 160 valence electrons. The minimum absolute atomic E-state index is 1.30. The van der Waals surface area contributed by atoms with E-state index < -0.39 is 0 Å². The lowest BCUT2D eigenvalue weighted by Crippen LogP contribution is -1.80. The third kappa shape index (κ3) is 2.62. The van der Waals surface area contributed by atoms with Crippen molar-refractivity contribution in [3.05, 3.63) is 95.7 Å². The molecule has 34 heavy (non-hydrogen) atoms. The van der Waals surface area contributed by atoms with Gasteiger partial charge in [0.25, 0.3) is 0 Å². The number of hydrogen-bond acceptors (Lipinski definition) is 4. The summed E-state index contributed by atoms with van der Waals surface area (Å²) in [6.45, 7) is 0. The van der Waals surface area contributed by atoms with Gasteiger partial charge in [-0.2, -0.15) is 0 Å². The van der Waals surface area contributed by atoms with Crippen LogP contribution in [-0.4, -0.2) is 0 Å². The number of fused-ring (bicyclic) bond motifs is 7. The Morgan fingerprint density at radius 1 is 0.441 bits per heavy atom. The van der Waals surface area contributed by atoms with Crippen LogP contribution in [0, 0.1) is 0 Å². The van der Waals surface area contributed by atoms with Crippen LogP contribution in [0.1, 0.15) is 0 Å². The molecule has 0 aliphatic carbocycles. The van der Waals surface area contributed by atoms with Crippen LogP contribution in [0.2, 0.25) is 0 Å². The fourth-order valence-electron chi connectivity index (χ4n) is 5.24. The lowest BCUT2D eigenvalue weighted by Gasteiger charge is -2.07. The fraction of sp³-hybridized carbons (Fsp3) is 0. The second-order valence-corrected chi connectivity index (χ2v) is 12.5. The zero-order valence-electron chi connectivity index (χ0n) is 17.9. The average molecular weight is 505 g/mol. The van der Waals surface area contributed by atoms with Crippen molar-refractivity contribution in [2.45, 2.75) is 0 Å². The molecule has 0 amide bonds. The van der Waals surface area contributed by atoms with E-state index in [1.165, 1.54) is 72.0 Å². The Morgan fingerprint density at radius 3 is 1.32 bits per heavy atom. The summed E-state index contributed by atoms with van der Waals surface area (Å²) in [7, 11) is 0. The molecule has 8 aromatic rings. The monoisotopic (exact) mass is 504 g/mol. The second kappa shape index (κ2) is 7.24. The zero-order valence-corrected chi connectivity index (χ0v) is 21.1. The van der Waals surface area contributed by atoms with Crippen LogP contribution in [0.5, 0.6) is 0 Å². The van der Waals surface area contributed by atoms with Gasteiger partial charge in [-0.15, -0.1) is 45.3 Å². The van der Waals surface area contributed by atoms with E-state index in [4.69, 9.17) is 0 Å². The number of benzene rings is 4. The molecule has 4 aromatic carbocycles. The summed E-state index contributed by atoms with van der Waals surface area (Å²) >= 11 is 7.61. The first kappa shape index (κ1) is 19.3. The zero-order chi connectivity index (χ0) is 22.2. The minimum atomic E-state index is 1.30. The van der Waals surface area contributed by atoms with Crippen molar-refractivity contribution in [1.82, 2.24) is 0 Å². The topological polar surface area (TPSA) is 0 Å². The first-order chi connectivity index (χ1) is 16.9. The largest absolute Gasteiger partial charge is 0.144 e. The molecule has 0 unspecified atom stereocenters. The summed E-state index contributed by atoms with van der Waals surface area (Å²) in [5, 5.41) is 10.0. The lowest BCUT2D eigenvalue weighted by atomic mass is 9.96. The second-order valence-electron chi connectivity index (χ2n) is 8.51. The van der Waals surface area contributed by atoms with Gasteiger partial charge in [0.1, 0.15) is 0 Å². The van der Waals surface area contributed by atoms with Gasteiger partial charge in [-0.05, 0) is 46.2 Å². The molecule has 4 aromatic heterocycles. The number of hydrogen-bond donors (Lipinski definition) is 0. The van der Waals surface area contributed by atoms with Crippen molar-refractivity contribution < 1.29 is 0 Å². The van der Waals surface area contributed by atoms with Crippen LogP contribution in [0.4, 0.5) is 0 Å². The SMILES string of the molecule is c1ccc(-c2c3ccsc3cc3sc4c(sc5cc6sccc6c(-c6ccccc6)c54)c23)cc1. The molecule has 0 fully saturated rings. The maximum absolute atomic E-state index is 2.41. The van der Waals surface area contributed by atoms with Gasteiger partial charge < -0.3 is 0 Å². The summed E-state index contributed by atoms with van der Waals surface area (Å²) in [6, 6.07) is 31.3. The van der Waals surface area contributed by atoms with Gasteiger partial charge in [0, 0.05) is 51.5 Å². The van der Waals surface area contributed by atoms with Crippen molar-refractivity contribution in [2.24, 2.45) is 0 Å². The molecule has 4 heterocycles. The molecule has 0 saturated heterocycles. The van der Waals surface area contributed by atoms with Gasteiger partial charge in [-0.25, -0.2) is 0 Å². The summed E-state index contributed by atoms with van der Waals surface area (Å²) < 4.78 is 8.37. The van der Waals surface area contributed by atoms with E-state index in [1.54, 1.807) is 0 Å². The fourth-order valence-corrected chi connectivity index (χ4v) is 9.86. The van der Waals surface area contributed by atoms with Crippen LogP contribution in [0.3, 0.4) is 0 Å². The van der Waals surface area contributed by atoms with Gasteiger partial charge >= 0.3 is 0 Å². The quantitative estimate of drug-likeness (QED) is 0.220. The Labute approximate surface area is 212 Å². The molecule has 0 saturated carbocycles. The molecule has 0 N–H and O–H groups in total. The minimum Gasteiger partial charge on any atom is -0.144 e. The highest BCUT2D eigenvalue weighted by Crippen LogP contribution is 2.53. The number of rotatable bonds is 2. The summed E-state index contributed by atoms with van der Waals surface area (Å²) in [4.78, 5) is 0. The first-order valence-electron chi connectivity index (χ1n) is 11.2. The number of thiophene rings is 4. The maximum atomic E-state index is 2.41. The summed E-state index contributed by atoms with van der Waals surface area (Å²) in [5.74, 6) is 0. The molecular weight excluding hydrogens is 489 g/mol. The Balaban J connectivity index is 1.61. The molecule has 0 nitrogen and oxygen atoms in total. The highest BCUT2D eigenvalue weighted by Gasteiger charge is 2.22. The van der Waals surface area contributed by atoms with Crippen molar-refractivity contribution in [3.63, 3.8) is 0 Å². The van der Waals surface area contributed by atoms with Crippen molar-refractivity contribution in [3.8, 4) is 22.3 Å². The molecule has 0 radical (unpaired) electrons. The lowest BCUT2D eigenvalue weighted by molar-refractivity contribution is 1.70. The molecular formula is C30H16S4. The van der Waals surface area contributed by atoms with Crippen molar-refractivity contribution in [1.29, 1.82) is 0 Å². The van der Waals surface area contributed by atoms with E-state index >= 15 is 0 Å². The Morgan fingerprint density at radius 2 is 0.882 bits per heavy atom. The van der Waals surface area contributed by atoms with E-state index in [0.717, 1.165) is 0 Å². The molecule has 8 rings (SSSR count). The first-order valence-corrected chi connectivity index (χ1v) is 14.6. The van der Waals surface area contributed by atoms with Gasteiger partial charge in [0.2, 0.25) is 0 Å². The van der Waals surface area contributed by atoms with Crippen LogP contribution < -0.4 is 0 Å². The van der Waals surface area contributed by atoms with Crippen LogP contribution in [0.25, 0.3) is 72.0 Å². The van der Waals surface area contributed by atoms with Gasteiger partial charge in [0.05, 0.1) is 9.40 Å². The predicted octanol–water partition coefficient (Wildman–Crippen LogP) is 11.0. The molecule has 4 heteroatoms. The van der Waals surface area contributed by atoms with E-state index in [-0.39, 0.29) is 0 Å². The van der Waals surface area contributed by atoms with E-state index in [2.05, 4.69) is 95.7 Å². The van der Waals surface area contributed by atoms with Crippen LogP contribution >= 0.6 is 45.3 Å². The normalized spacial score (nSPS) is 12.1. The smallest absolute Gasteiger partial charge is 0.0548 e. The third-order valence-electron chi connectivity index (χ3n) is 6.66. The molecule has 0 spiro atoms. The predicted molar refractivity (Wildman–Crippen MR) is 156 cm³/mol. The van der Waals surface area contributed by atoms with Crippen molar-refractivity contribution in [2.75, 3.05) is 0 Å². The third-order valence-corrected chi connectivity index (χ3v) is 10.8. The molecule has 0 bridgehead atoms. The van der Waals surface area contributed by atoms with E-state index in [9.17, 15) is 0 Å². The Bertz CT molecular complexity index is 1850. The molecule has 0 atom stereocenters. The summed E-state index contributed by atoms with van der Waals surface area (Å²) in [5.41, 5.74) is 5.38. The van der Waals surface area contributed by atoms with Crippen molar-refractivity contribution >= 4 is 95.1 Å². The Hall–Kier alpha value is -3.02. The average Bonchev–Trinajstić information content (AvgIpc) is 3.66. The standard InChI is InChI=1S/C30H16S4/c1-3-7-17(8-4-1)25-19-11-13-31-21(19)15-23-27(25)29-30(33-23)28-24(34-29)16-22-20(12-14-32-22)26(28)18-9-5-2-6-10-18/h1-16H. The van der Waals surface area contributed by atoms with E-state index in [0.29, 0.717) is 0 Å². The maximum Gasteiger partial charge on any atom is 0.0548 e. The molecule has 0 aliphatic heterocycles. The highest BCUT2D eigenvalue weighted by atomic mass is 32.1. The summed E-state index contributed by atoms with van der Waals surface area (Å²) in [6.07, 6.45) is 0.